The van der Waals surface area contributed by atoms with Gasteiger partial charge in [-0.05, 0) is 48.8 Å². The maximum atomic E-state index is 12.3. The zero-order chi connectivity index (χ0) is 18.4. The molecule has 0 aromatic heterocycles. The van der Waals surface area contributed by atoms with Gasteiger partial charge in [-0.1, -0.05) is 45.1 Å². The molecule has 1 aliphatic heterocycles. The third-order valence-corrected chi connectivity index (χ3v) is 4.64. The molecule has 0 saturated carbocycles. The van der Waals surface area contributed by atoms with E-state index in [1.807, 2.05) is 17.0 Å². The Morgan fingerprint density at radius 3 is 2.52 bits per heavy atom. The second-order valence-corrected chi connectivity index (χ2v) is 7.73. The number of benzene rings is 1. The first-order chi connectivity index (χ1) is 11.8. The number of allylic oxidation sites excluding steroid dienone is 1. The Morgan fingerprint density at radius 2 is 1.92 bits per heavy atom. The van der Waals surface area contributed by atoms with Crippen molar-refractivity contribution in [2.75, 3.05) is 4.90 Å². The van der Waals surface area contributed by atoms with Gasteiger partial charge in [0.2, 0.25) is 5.91 Å². The number of hydrogen-bond donors (Lipinski definition) is 1. The highest BCUT2D eigenvalue weighted by atomic mass is 16.4. The average molecular weight is 343 g/mol. The van der Waals surface area contributed by atoms with Crippen molar-refractivity contribution in [1.82, 2.24) is 0 Å². The summed E-state index contributed by atoms with van der Waals surface area (Å²) in [6.07, 6.45) is 8.24. The minimum Gasteiger partial charge on any atom is -0.481 e. The highest BCUT2D eigenvalue weighted by Gasteiger charge is 2.30. The van der Waals surface area contributed by atoms with Gasteiger partial charge in [0.15, 0.2) is 0 Å². The van der Waals surface area contributed by atoms with Crippen molar-refractivity contribution in [2.45, 2.75) is 70.8 Å². The predicted molar refractivity (Wildman–Crippen MR) is 101 cm³/mol. The third-order valence-electron chi connectivity index (χ3n) is 4.64. The van der Waals surface area contributed by atoms with E-state index < -0.39 is 5.97 Å². The molecule has 1 fully saturated rings. The molecule has 0 bridgehead atoms. The molecule has 1 unspecified atom stereocenters. The van der Waals surface area contributed by atoms with Crippen LogP contribution in [0.3, 0.4) is 0 Å². The number of carboxylic acid groups (broad SMARTS) is 1. The summed E-state index contributed by atoms with van der Waals surface area (Å²) >= 11 is 0. The second-order valence-electron chi connectivity index (χ2n) is 7.73. The van der Waals surface area contributed by atoms with Crippen LogP contribution in [0.1, 0.15) is 64.9 Å². The summed E-state index contributed by atoms with van der Waals surface area (Å²) in [4.78, 5) is 24.7. The van der Waals surface area contributed by atoms with Crippen LogP contribution in [0.4, 0.5) is 5.69 Å². The smallest absolute Gasteiger partial charge is 0.303 e. The molecule has 2 rings (SSSR count). The van der Waals surface area contributed by atoms with Gasteiger partial charge in [0, 0.05) is 18.5 Å². The number of nitrogens with zero attached hydrogens (tertiary/aromatic N) is 1. The molecular formula is C21H29NO3. The first kappa shape index (κ1) is 19.2. The average Bonchev–Trinajstić information content (AvgIpc) is 2.90. The van der Waals surface area contributed by atoms with Gasteiger partial charge in [0.25, 0.3) is 0 Å². The summed E-state index contributed by atoms with van der Waals surface area (Å²) in [5, 5.41) is 8.64. The molecule has 4 nitrogen and oxygen atoms in total. The number of carboxylic acids is 1. The molecule has 0 spiro atoms. The normalized spacial score (nSPS) is 18.3. The van der Waals surface area contributed by atoms with E-state index in [0.29, 0.717) is 12.8 Å². The van der Waals surface area contributed by atoms with Gasteiger partial charge in [-0.2, -0.15) is 0 Å². The number of aliphatic carboxylic acids is 1. The van der Waals surface area contributed by atoms with Crippen molar-refractivity contribution < 1.29 is 14.7 Å². The van der Waals surface area contributed by atoms with Gasteiger partial charge in [-0.25, -0.2) is 0 Å². The lowest BCUT2D eigenvalue weighted by atomic mass is 9.87. The fraction of sp³-hybridized carbons (Fsp3) is 0.524. The van der Waals surface area contributed by atoms with Crippen LogP contribution in [0.15, 0.2) is 36.4 Å². The lowest BCUT2D eigenvalue weighted by molar-refractivity contribution is -0.137. The minimum atomic E-state index is -0.741. The lowest BCUT2D eigenvalue weighted by Gasteiger charge is -2.25. The molecule has 1 atom stereocenters. The van der Waals surface area contributed by atoms with E-state index in [2.05, 4.69) is 45.1 Å². The first-order valence-corrected chi connectivity index (χ1v) is 9.10. The Hall–Kier alpha value is -2.10. The van der Waals surface area contributed by atoms with Gasteiger partial charge < -0.3 is 10.0 Å². The van der Waals surface area contributed by atoms with E-state index in [-0.39, 0.29) is 23.8 Å². The van der Waals surface area contributed by atoms with Gasteiger partial charge in [0.05, 0.1) is 6.04 Å². The van der Waals surface area contributed by atoms with Crippen LogP contribution in [0, 0.1) is 0 Å². The summed E-state index contributed by atoms with van der Waals surface area (Å²) < 4.78 is 0. The zero-order valence-electron chi connectivity index (χ0n) is 15.5. The van der Waals surface area contributed by atoms with E-state index in [1.165, 1.54) is 5.56 Å². The predicted octanol–water partition coefficient (Wildman–Crippen LogP) is 4.68. The molecule has 1 amide bonds. The molecule has 0 aliphatic carbocycles. The Kier molecular flexibility index (Phi) is 6.40. The van der Waals surface area contributed by atoms with Crippen molar-refractivity contribution >= 4 is 17.6 Å². The Balaban J connectivity index is 1.98. The minimum absolute atomic E-state index is 0.100. The molecule has 0 radical (unpaired) electrons. The molecule has 136 valence electrons. The van der Waals surface area contributed by atoms with Gasteiger partial charge in [-0.15, -0.1) is 0 Å². The largest absolute Gasteiger partial charge is 0.481 e. The van der Waals surface area contributed by atoms with Crippen molar-refractivity contribution in [3.05, 3.63) is 42.0 Å². The summed E-state index contributed by atoms with van der Waals surface area (Å²) in [5.74, 6) is -0.570. The van der Waals surface area contributed by atoms with Crippen LogP contribution < -0.4 is 4.90 Å². The molecular weight excluding hydrogens is 314 g/mol. The molecule has 1 saturated heterocycles. The van der Waals surface area contributed by atoms with E-state index in [9.17, 15) is 9.59 Å². The monoisotopic (exact) mass is 343 g/mol. The third kappa shape index (κ3) is 5.45. The maximum absolute atomic E-state index is 12.3. The van der Waals surface area contributed by atoms with Gasteiger partial charge in [-0.3, -0.25) is 9.59 Å². The number of hydrogen-bond acceptors (Lipinski definition) is 2. The number of rotatable bonds is 7. The van der Waals surface area contributed by atoms with Crippen LogP contribution in [-0.2, 0) is 15.0 Å². The molecule has 1 N–H and O–H groups in total. The van der Waals surface area contributed by atoms with Crippen molar-refractivity contribution in [3.8, 4) is 0 Å². The Morgan fingerprint density at radius 1 is 1.24 bits per heavy atom. The van der Waals surface area contributed by atoms with Crippen molar-refractivity contribution in [1.29, 1.82) is 0 Å². The lowest BCUT2D eigenvalue weighted by Crippen LogP contribution is -2.31. The molecule has 1 heterocycles. The zero-order valence-corrected chi connectivity index (χ0v) is 15.5. The van der Waals surface area contributed by atoms with Crippen LogP contribution in [0.25, 0.3) is 0 Å². The number of carbonyl (C=O) groups excluding carboxylic acids is 1. The van der Waals surface area contributed by atoms with Gasteiger partial charge in [0.1, 0.15) is 0 Å². The van der Waals surface area contributed by atoms with Crippen molar-refractivity contribution in [2.24, 2.45) is 0 Å². The van der Waals surface area contributed by atoms with Crippen LogP contribution >= 0.6 is 0 Å². The fourth-order valence-corrected chi connectivity index (χ4v) is 3.14. The standard InChI is InChI=1S/C21H29NO3/c1-21(2,3)16-10-12-18(13-11-16)22-17(14-15-19(22)23)8-6-4-5-7-9-20(24)25/h6,8,10-13,17H,4-5,7,9,14-15H2,1-3H3,(H,24,25). The number of unbranched alkanes of at least 4 members (excludes halogenated alkanes) is 2. The highest BCUT2D eigenvalue weighted by Crippen LogP contribution is 2.30. The molecule has 1 aromatic rings. The molecule has 25 heavy (non-hydrogen) atoms. The van der Waals surface area contributed by atoms with Gasteiger partial charge >= 0.3 is 5.97 Å². The quantitative estimate of drug-likeness (QED) is 0.577. The van der Waals surface area contributed by atoms with E-state index in [1.54, 1.807) is 0 Å². The maximum Gasteiger partial charge on any atom is 0.303 e. The summed E-state index contributed by atoms with van der Waals surface area (Å²) in [6, 6.07) is 8.39. The van der Waals surface area contributed by atoms with Crippen molar-refractivity contribution in [3.63, 3.8) is 0 Å². The highest BCUT2D eigenvalue weighted by molar-refractivity contribution is 5.96. The number of carbonyl (C=O) groups is 2. The summed E-state index contributed by atoms with van der Waals surface area (Å²) in [5.41, 5.74) is 2.31. The first-order valence-electron chi connectivity index (χ1n) is 9.10. The van der Waals surface area contributed by atoms with E-state index in [4.69, 9.17) is 5.11 Å². The number of anilines is 1. The van der Waals surface area contributed by atoms with E-state index >= 15 is 0 Å². The van der Waals surface area contributed by atoms with Crippen LogP contribution in [-0.4, -0.2) is 23.0 Å². The summed E-state index contributed by atoms with van der Waals surface area (Å²) in [7, 11) is 0. The van der Waals surface area contributed by atoms with Crippen LogP contribution in [0.5, 0.6) is 0 Å². The molecule has 4 heteroatoms. The summed E-state index contributed by atoms with van der Waals surface area (Å²) in [6.45, 7) is 6.54. The fourth-order valence-electron chi connectivity index (χ4n) is 3.14. The molecule has 1 aromatic carbocycles. The number of amides is 1. The topological polar surface area (TPSA) is 57.6 Å². The second kappa shape index (κ2) is 8.32. The van der Waals surface area contributed by atoms with E-state index in [0.717, 1.165) is 24.9 Å². The molecule has 1 aliphatic rings. The Bertz CT molecular complexity index is 626. The SMILES string of the molecule is CC(C)(C)c1ccc(N2C(=O)CCC2C=CCCCCC(=O)O)cc1. The Labute approximate surface area is 150 Å². The van der Waals surface area contributed by atoms with Crippen LogP contribution in [0.2, 0.25) is 0 Å².